The van der Waals surface area contributed by atoms with Gasteiger partial charge in [-0.05, 0) is 74.1 Å². The average Bonchev–Trinajstić information content (AvgIpc) is 3.59. The monoisotopic (exact) mass is 653 g/mol. The van der Waals surface area contributed by atoms with Crippen LogP contribution in [-0.4, -0.2) is 11.7 Å². The van der Waals surface area contributed by atoms with Gasteiger partial charge in [0.2, 0.25) is 0 Å². The first kappa shape index (κ1) is 29.2. The molecule has 9 aromatic rings. The molecule has 240 valence electrons. The SMILES string of the molecule is c1ccc(-c2cccc(-c3ccc4oc5ccccc5c4c3C3N=C(c4ccc5ccccc5c4)N=C(c4ccc5ccccc5c4)N3)c2)cc1. The minimum atomic E-state index is -0.467. The van der Waals surface area contributed by atoms with Gasteiger partial charge in [0.25, 0.3) is 0 Å². The van der Waals surface area contributed by atoms with Gasteiger partial charge in [0.05, 0.1) is 0 Å². The summed E-state index contributed by atoms with van der Waals surface area (Å²) in [5, 5.41) is 10.6. The molecule has 1 N–H and O–H groups in total. The van der Waals surface area contributed by atoms with Gasteiger partial charge < -0.3 is 9.73 Å². The van der Waals surface area contributed by atoms with E-state index >= 15 is 0 Å². The second-order valence-electron chi connectivity index (χ2n) is 13.0. The zero-order chi connectivity index (χ0) is 33.7. The van der Waals surface area contributed by atoms with Crippen LogP contribution < -0.4 is 5.32 Å². The summed E-state index contributed by atoms with van der Waals surface area (Å²) in [5.41, 5.74) is 9.23. The van der Waals surface area contributed by atoms with Gasteiger partial charge in [-0.3, -0.25) is 0 Å². The number of fused-ring (bicyclic) bond motifs is 5. The van der Waals surface area contributed by atoms with Gasteiger partial charge in [-0.25, -0.2) is 9.98 Å². The van der Waals surface area contributed by atoms with Crippen molar-refractivity contribution in [2.24, 2.45) is 9.98 Å². The molecule has 1 unspecified atom stereocenters. The molecule has 10 rings (SSSR count). The standard InChI is InChI=1S/C47H31N3O/c1-2-11-30(12-3-1)35-17-10-18-36(27-35)39-25-26-42-43(40-19-8-9-20-41(40)51-42)44(39)47-49-45(37-23-21-31-13-4-6-15-33(31)28-37)48-46(50-47)38-24-22-32-14-5-7-16-34(32)29-38/h1-29,47H,(H,48,49,50). The summed E-state index contributed by atoms with van der Waals surface area (Å²) in [6.07, 6.45) is -0.467. The van der Waals surface area contributed by atoms with Crippen LogP contribution in [-0.2, 0) is 0 Å². The Morgan fingerprint density at radius 1 is 0.451 bits per heavy atom. The minimum absolute atomic E-state index is 0.467. The summed E-state index contributed by atoms with van der Waals surface area (Å²) in [7, 11) is 0. The molecule has 2 heterocycles. The number of aliphatic imine (C=N–C) groups is 2. The van der Waals surface area contributed by atoms with Crippen molar-refractivity contribution >= 4 is 55.2 Å². The molecular weight excluding hydrogens is 623 g/mol. The third-order valence-electron chi connectivity index (χ3n) is 9.91. The number of para-hydroxylation sites is 1. The van der Waals surface area contributed by atoms with E-state index in [4.69, 9.17) is 14.4 Å². The predicted octanol–water partition coefficient (Wildman–Crippen LogP) is 11.7. The van der Waals surface area contributed by atoms with Crippen LogP contribution in [0.3, 0.4) is 0 Å². The van der Waals surface area contributed by atoms with E-state index in [-0.39, 0.29) is 0 Å². The lowest BCUT2D eigenvalue weighted by Crippen LogP contribution is -2.34. The van der Waals surface area contributed by atoms with Crippen LogP contribution in [0.4, 0.5) is 0 Å². The molecule has 0 spiro atoms. The fraction of sp³-hybridized carbons (Fsp3) is 0.0213. The number of nitrogens with one attached hydrogen (secondary N) is 1. The largest absolute Gasteiger partial charge is 0.456 e. The summed E-state index contributed by atoms with van der Waals surface area (Å²) in [4.78, 5) is 10.7. The van der Waals surface area contributed by atoms with E-state index in [1.54, 1.807) is 0 Å². The summed E-state index contributed by atoms with van der Waals surface area (Å²) in [6, 6.07) is 61.7. The van der Waals surface area contributed by atoms with Crippen molar-refractivity contribution in [2.45, 2.75) is 6.17 Å². The van der Waals surface area contributed by atoms with Crippen molar-refractivity contribution in [2.75, 3.05) is 0 Å². The highest BCUT2D eigenvalue weighted by atomic mass is 16.3. The summed E-state index contributed by atoms with van der Waals surface area (Å²) in [5.74, 6) is 1.46. The third-order valence-corrected chi connectivity index (χ3v) is 9.91. The minimum Gasteiger partial charge on any atom is -0.456 e. The van der Waals surface area contributed by atoms with E-state index < -0.39 is 6.17 Å². The lowest BCUT2D eigenvalue weighted by atomic mass is 9.91. The summed E-state index contributed by atoms with van der Waals surface area (Å²) >= 11 is 0. The fourth-order valence-electron chi connectivity index (χ4n) is 7.42. The Morgan fingerprint density at radius 2 is 1.10 bits per heavy atom. The van der Waals surface area contributed by atoms with Gasteiger partial charge in [-0.2, -0.15) is 0 Å². The molecule has 51 heavy (non-hydrogen) atoms. The van der Waals surface area contributed by atoms with Crippen molar-refractivity contribution in [1.29, 1.82) is 0 Å². The van der Waals surface area contributed by atoms with Crippen LogP contribution >= 0.6 is 0 Å². The molecular formula is C47H31N3O. The van der Waals surface area contributed by atoms with Gasteiger partial charge in [0.15, 0.2) is 5.84 Å². The van der Waals surface area contributed by atoms with Gasteiger partial charge in [0.1, 0.15) is 23.2 Å². The molecule has 1 atom stereocenters. The smallest absolute Gasteiger partial charge is 0.159 e. The number of rotatable bonds is 5. The Labute approximate surface area is 295 Å². The highest BCUT2D eigenvalue weighted by Gasteiger charge is 2.28. The van der Waals surface area contributed by atoms with Crippen LogP contribution in [0.25, 0.3) is 65.7 Å². The Bertz CT molecular complexity index is 2850. The highest BCUT2D eigenvalue weighted by Crippen LogP contribution is 2.42. The Morgan fingerprint density at radius 3 is 1.90 bits per heavy atom. The van der Waals surface area contributed by atoms with E-state index in [2.05, 4.69) is 169 Å². The average molecular weight is 654 g/mol. The maximum Gasteiger partial charge on any atom is 0.159 e. The molecule has 1 aliphatic heterocycles. The highest BCUT2D eigenvalue weighted by molar-refractivity contribution is 6.16. The first-order valence-corrected chi connectivity index (χ1v) is 17.3. The molecule has 0 aliphatic carbocycles. The van der Waals surface area contributed by atoms with Gasteiger partial charge in [0, 0.05) is 27.5 Å². The van der Waals surface area contributed by atoms with Gasteiger partial charge >= 0.3 is 0 Å². The third kappa shape index (κ3) is 5.17. The zero-order valence-corrected chi connectivity index (χ0v) is 27.6. The molecule has 0 saturated carbocycles. The van der Waals surface area contributed by atoms with Gasteiger partial charge in [-0.15, -0.1) is 0 Å². The molecule has 1 aliphatic rings. The molecule has 0 bridgehead atoms. The van der Waals surface area contributed by atoms with Crippen molar-refractivity contribution in [3.8, 4) is 22.3 Å². The lowest BCUT2D eigenvalue weighted by molar-refractivity contribution is 0.663. The molecule has 8 aromatic carbocycles. The van der Waals surface area contributed by atoms with Crippen molar-refractivity contribution in [3.63, 3.8) is 0 Å². The Balaban J connectivity index is 1.22. The van der Waals surface area contributed by atoms with Crippen molar-refractivity contribution in [3.05, 3.63) is 193 Å². The molecule has 0 amide bonds. The van der Waals surface area contributed by atoms with Crippen LogP contribution in [0, 0.1) is 0 Å². The first-order chi connectivity index (χ1) is 25.2. The normalized spacial score (nSPS) is 14.5. The van der Waals surface area contributed by atoms with E-state index in [0.717, 1.165) is 71.9 Å². The number of benzene rings is 8. The molecule has 0 fully saturated rings. The van der Waals surface area contributed by atoms with E-state index in [0.29, 0.717) is 5.84 Å². The number of furan rings is 1. The number of amidine groups is 2. The molecule has 1 aromatic heterocycles. The van der Waals surface area contributed by atoms with Crippen molar-refractivity contribution < 1.29 is 4.42 Å². The summed E-state index contributed by atoms with van der Waals surface area (Å²) in [6.45, 7) is 0. The second kappa shape index (κ2) is 12.0. The maximum atomic E-state index is 6.48. The Hall–Kier alpha value is -6.78. The van der Waals surface area contributed by atoms with Crippen molar-refractivity contribution in [1.82, 2.24) is 5.32 Å². The van der Waals surface area contributed by atoms with Crippen LogP contribution in [0.15, 0.2) is 190 Å². The molecule has 4 nitrogen and oxygen atoms in total. The predicted molar refractivity (Wildman–Crippen MR) is 211 cm³/mol. The number of hydrogen-bond acceptors (Lipinski definition) is 4. The molecule has 4 heteroatoms. The quantitative estimate of drug-likeness (QED) is 0.201. The first-order valence-electron chi connectivity index (χ1n) is 17.3. The number of hydrogen-bond donors (Lipinski definition) is 1. The fourth-order valence-corrected chi connectivity index (χ4v) is 7.42. The summed E-state index contributed by atoms with van der Waals surface area (Å²) < 4.78 is 6.48. The molecule has 0 radical (unpaired) electrons. The lowest BCUT2D eigenvalue weighted by Gasteiger charge is -2.26. The number of nitrogens with zero attached hydrogens (tertiary/aromatic N) is 2. The molecule has 0 saturated heterocycles. The van der Waals surface area contributed by atoms with Crippen LogP contribution in [0.1, 0.15) is 22.9 Å². The van der Waals surface area contributed by atoms with E-state index in [9.17, 15) is 0 Å². The second-order valence-corrected chi connectivity index (χ2v) is 13.0. The topological polar surface area (TPSA) is 49.9 Å². The van der Waals surface area contributed by atoms with E-state index in [1.165, 1.54) is 16.3 Å². The zero-order valence-electron chi connectivity index (χ0n) is 27.6. The van der Waals surface area contributed by atoms with E-state index in [1.807, 2.05) is 12.1 Å². The Kier molecular flexibility index (Phi) is 6.85. The van der Waals surface area contributed by atoms with Gasteiger partial charge in [-0.1, -0.05) is 146 Å². The van der Waals surface area contributed by atoms with Crippen LogP contribution in [0.5, 0.6) is 0 Å². The van der Waals surface area contributed by atoms with Crippen LogP contribution in [0.2, 0.25) is 0 Å². The maximum absolute atomic E-state index is 6.48.